The molecular formula is C105H108F5N15O20S5. The average Bonchev–Trinajstić information content (AvgIpc) is 1.57. The van der Waals surface area contributed by atoms with E-state index >= 15 is 0 Å². The van der Waals surface area contributed by atoms with Crippen LogP contribution in [-0.2, 0) is 49.2 Å². The number of carbonyl (C=O) groups excluding carboxylic acids is 5. The van der Waals surface area contributed by atoms with Crippen LogP contribution in [0, 0.1) is 29.1 Å². The molecule has 5 saturated heterocycles. The third kappa shape index (κ3) is 23.6. The molecule has 10 aromatic carbocycles. The predicted octanol–water partition coefficient (Wildman–Crippen LogP) is 15.3. The van der Waals surface area contributed by atoms with E-state index in [0.717, 1.165) is 0 Å². The molecule has 0 radical (unpaired) electrons. The van der Waals surface area contributed by atoms with E-state index in [2.05, 4.69) is 24.9 Å². The average molecular weight is 2160 g/mol. The number of amides is 5. The van der Waals surface area contributed by atoms with Crippen molar-refractivity contribution < 1.29 is 110 Å². The standard InChI is InChI=1S/C22H24FN3O4S.C21H20FN3O4S.2C21H22FN3O4S.C20H20FN3O4S/c1-3-12-31(28,29)20-7-5-4-6-17(20)21(27)26-11-10-25(14-15(26)2)22-24-18-9-8-16(23)13-19(18)30-22;22-14-5-8-17-18(13-14)29-21(23-17)25-11-9-24(10-12-25)20(26)16-3-1-2-4-19(16)30(27,28)15-6-7-15;1-3-30(27,28)19-7-5-4-6-16(19)20(26)25-11-10-24(13-14(25)2)21-23-17-9-8-15(22)12-18(17)29-21;1-2-13-30(27,28)19-6-4-3-5-16(19)20(26)24-9-11-25(12-10-24)21-23-17-8-7-15(22)14-18(17)29-21;1-2-29(26,27)18-6-4-3-5-15(18)19(25)23-9-11-24(12-10-23)20-22-16-8-7-14(21)13-17(16)28-20/h4-9,13,15H,3,10-12,14H2,1-2H3;1-5,8,13,15H,6-7,9-12H2;4-9,12,14H,3,10-11,13H2,1-2H3;3-8,14H,2,9-13H2,1H3;3-8,13H,2,9-12H2,1H3/t15-;;14-;;/m1.0../s1. The van der Waals surface area contributed by atoms with Crippen molar-refractivity contribution in [3.8, 4) is 0 Å². The first kappa shape index (κ1) is 107. The quantitative estimate of drug-likeness (QED) is 0.0569. The summed E-state index contributed by atoms with van der Waals surface area (Å²) >= 11 is 0. The third-order valence-electron chi connectivity index (χ3n) is 26.4. The van der Waals surface area contributed by atoms with Gasteiger partial charge in [-0.05, 0) is 161 Å². The van der Waals surface area contributed by atoms with Crippen molar-refractivity contribution in [1.29, 1.82) is 0 Å². The molecular weight excluding hydrogens is 2050 g/mol. The summed E-state index contributed by atoms with van der Waals surface area (Å²) in [6.07, 6.45) is 2.27. The maximum atomic E-state index is 13.4. The van der Waals surface area contributed by atoms with Gasteiger partial charge in [-0.15, -0.1) is 0 Å². The fourth-order valence-electron chi connectivity index (χ4n) is 18.3. The molecule has 150 heavy (non-hydrogen) atoms. The highest BCUT2D eigenvalue weighted by Gasteiger charge is 2.42. The zero-order chi connectivity index (χ0) is 106. The van der Waals surface area contributed by atoms with Crippen LogP contribution in [0.1, 0.15) is 119 Å². The largest absolute Gasteiger partial charge is 0.423 e. The number of sulfone groups is 5. The number of rotatable bonds is 22. The first-order valence-electron chi connectivity index (χ1n) is 49.0. The molecule has 6 aliphatic rings. The SMILES string of the molecule is CCCS(=O)(=O)c1ccccc1C(=O)N1CCN(c2nc3ccc(F)cc3o2)CC1.CCCS(=O)(=O)c1ccccc1C(=O)N1CCN(c2nc3ccc(F)cc3o2)C[C@H]1C.CCS(=O)(=O)c1ccccc1C(=O)N1CCN(c2nc3ccc(F)cc3o2)CC1.CCS(=O)(=O)c1ccccc1C(=O)N1CCN(c2nc3ccc(F)cc3o2)C[C@@H]1C.O=C(c1ccccc1S(=O)(=O)C1CC1)N1CCN(c2nc3ccc(F)cc3o2)CC1. The van der Waals surface area contributed by atoms with Crippen LogP contribution in [0.25, 0.3) is 55.5 Å². The van der Waals surface area contributed by atoms with Crippen LogP contribution in [0.4, 0.5) is 52.0 Å². The van der Waals surface area contributed by atoms with Crippen molar-refractivity contribution in [1.82, 2.24) is 49.4 Å². The molecule has 0 spiro atoms. The molecule has 5 aliphatic heterocycles. The van der Waals surface area contributed by atoms with E-state index in [1.807, 2.05) is 38.3 Å². The first-order valence-corrected chi connectivity index (χ1v) is 57.1. The van der Waals surface area contributed by atoms with Gasteiger partial charge in [0.1, 0.15) is 56.7 Å². The monoisotopic (exact) mass is 2150 g/mol. The van der Waals surface area contributed by atoms with E-state index in [-0.39, 0.29) is 128 Å². The minimum Gasteiger partial charge on any atom is -0.423 e. The number of halogens is 5. The van der Waals surface area contributed by atoms with Crippen LogP contribution < -0.4 is 24.5 Å². The summed E-state index contributed by atoms with van der Waals surface area (Å²) in [4.78, 5) is 106. The Labute approximate surface area is 861 Å². The maximum Gasteiger partial charge on any atom is 0.298 e. The Kier molecular flexibility index (Phi) is 32.0. The van der Waals surface area contributed by atoms with E-state index in [0.29, 0.717) is 229 Å². The van der Waals surface area contributed by atoms with E-state index in [1.165, 1.54) is 91.0 Å². The van der Waals surface area contributed by atoms with Crippen molar-refractivity contribution in [2.24, 2.45) is 0 Å². The van der Waals surface area contributed by atoms with Crippen LogP contribution in [0.5, 0.6) is 0 Å². The van der Waals surface area contributed by atoms with Gasteiger partial charge >= 0.3 is 0 Å². The molecule has 35 nitrogen and oxygen atoms in total. The molecule has 45 heteroatoms. The van der Waals surface area contributed by atoms with E-state index < -0.39 is 72.5 Å². The minimum atomic E-state index is -3.53. The molecule has 1 saturated carbocycles. The normalized spacial score (nSPS) is 16.5. The Morgan fingerprint density at radius 1 is 0.287 bits per heavy atom. The van der Waals surface area contributed by atoms with Crippen LogP contribution in [0.15, 0.2) is 259 Å². The van der Waals surface area contributed by atoms with Gasteiger partial charge in [0.05, 0.1) is 80.6 Å². The lowest BCUT2D eigenvalue weighted by Crippen LogP contribution is -2.54. The van der Waals surface area contributed by atoms with E-state index in [4.69, 9.17) is 22.1 Å². The number of anilines is 5. The predicted molar refractivity (Wildman–Crippen MR) is 552 cm³/mol. The van der Waals surface area contributed by atoms with Crippen LogP contribution in [-0.4, -0.2) is 279 Å². The van der Waals surface area contributed by atoms with E-state index in [1.54, 1.807) is 174 Å². The second-order valence-corrected chi connectivity index (χ2v) is 47.5. The second-order valence-electron chi connectivity index (χ2n) is 36.6. The van der Waals surface area contributed by atoms with Gasteiger partial charge in [0.15, 0.2) is 77.1 Å². The molecule has 10 heterocycles. The number of benzene rings is 10. The van der Waals surface area contributed by atoms with Crippen molar-refractivity contribution in [2.75, 3.05) is 165 Å². The molecule has 6 fully saturated rings. The van der Waals surface area contributed by atoms with Crippen molar-refractivity contribution in [3.05, 3.63) is 269 Å². The summed E-state index contributed by atoms with van der Waals surface area (Å²) in [6.45, 7) is 18.4. The van der Waals surface area contributed by atoms with E-state index in [9.17, 15) is 88.0 Å². The number of nitrogens with zero attached hydrogens (tertiary/aromatic N) is 15. The van der Waals surface area contributed by atoms with Gasteiger partial charge in [0.2, 0.25) is 0 Å². The summed E-state index contributed by atoms with van der Waals surface area (Å²) < 4.78 is 221. The Hall–Kier alpha value is -14.7. The Bertz CT molecular complexity index is 8210. The highest BCUT2D eigenvalue weighted by molar-refractivity contribution is 7.93. The zero-order valence-electron chi connectivity index (χ0n) is 82.6. The van der Waals surface area contributed by atoms with Crippen LogP contribution in [0.3, 0.4) is 0 Å². The molecule has 5 aromatic heterocycles. The van der Waals surface area contributed by atoms with Crippen molar-refractivity contribution in [3.63, 3.8) is 0 Å². The topological polar surface area (TPSA) is 419 Å². The Morgan fingerprint density at radius 3 is 0.760 bits per heavy atom. The smallest absolute Gasteiger partial charge is 0.298 e. The third-order valence-corrected chi connectivity index (χ3v) is 36.3. The summed E-state index contributed by atoms with van der Waals surface area (Å²) in [5.41, 5.74) is 5.73. The number of piperazine rings is 5. The molecule has 788 valence electrons. The van der Waals surface area contributed by atoms with Gasteiger partial charge in [-0.2, -0.15) is 24.9 Å². The van der Waals surface area contributed by atoms with Gasteiger partial charge < -0.3 is 71.1 Å². The number of fused-ring (bicyclic) bond motifs is 5. The Balaban J connectivity index is 0.000000128. The van der Waals surface area contributed by atoms with Crippen LogP contribution in [0.2, 0.25) is 0 Å². The molecule has 21 rings (SSSR count). The van der Waals surface area contributed by atoms with Crippen molar-refractivity contribution >= 4 is 164 Å². The summed E-state index contributed by atoms with van der Waals surface area (Å²) in [5.74, 6) is -3.60. The van der Waals surface area contributed by atoms with Crippen molar-refractivity contribution in [2.45, 2.75) is 109 Å². The number of aromatic nitrogens is 5. The molecule has 0 N–H and O–H groups in total. The number of carbonyl (C=O) groups is 5. The zero-order valence-corrected chi connectivity index (χ0v) is 86.7. The van der Waals surface area contributed by atoms with Gasteiger partial charge in [0, 0.05) is 160 Å². The molecule has 5 amide bonds. The Morgan fingerprint density at radius 2 is 0.513 bits per heavy atom. The molecule has 1 aliphatic carbocycles. The summed E-state index contributed by atoms with van der Waals surface area (Å²) in [6, 6.07) is 54.2. The lowest BCUT2D eigenvalue weighted by atomic mass is 10.1. The van der Waals surface area contributed by atoms with Crippen LogP contribution >= 0.6 is 0 Å². The molecule has 2 atom stereocenters. The number of hydrogen-bond donors (Lipinski definition) is 0. The van der Waals surface area contributed by atoms with Gasteiger partial charge in [-0.1, -0.05) is 88.4 Å². The lowest BCUT2D eigenvalue weighted by Gasteiger charge is -2.39. The fraction of sp³-hybridized carbons (Fsp3) is 0.333. The van der Waals surface area contributed by atoms with Gasteiger partial charge in [-0.25, -0.2) is 64.0 Å². The first-order chi connectivity index (χ1) is 71.8. The number of hydrogen-bond acceptors (Lipinski definition) is 30. The van der Waals surface area contributed by atoms with Gasteiger partial charge in [0.25, 0.3) is 59.6 Å². The highest BCUT2D eigenvalue weighted by atomic mass is 32.2. The summed E-state index contributed by atoms with van der Waals surface area (Å²) in [7, 11) is -17.5. The highest BCUT2D eigenvalue weighted by Crippen LogP contribution is 2.38. The molecule has 15 aromatic rings. The summed E-state index contributed by atoms with van der Waals surface area (Å²) in [5, 5.41) is -0.368. The second kappa shape index (κ2) is 45.0. The molecule has 0 bridgehead atoms. The lowest BCUT2D eigenvalue weighted by molar-refractivity contribution is 0.0660. The maximum absolute atomic E-state index is 13.4. The molecule has 0 unspecified atom stereocenters. The van der Waals surface area contributed by atoms with Gasteiger partial charge in [-0.3, -0.25) is 24.0 Å². The number of oxazole rings is 5. The fourth-order valence-corrected chi connectivity index (χ4v) is 25.4. The minimum absolute atomic E-state index is 0.00105.